The molecule has 1 aliphatic heterocycles. The van der Waals surface area contributed by atoms with Gasteiger partial charge < -0.3 is 9.88 Å². The van der Waals surface area contributed by atoms with Crippen LogP contribution in [-0.4, -0.2) is 31.5 Å². The lowest BCUT2D eigenvalue weighted by molar-refractivity contribution is 0.591. The molecule has 0 bridgehead atoms. The first kappa shape index (κ1) is 19.8. The van der Waals surface area contributed by atoms with E-state index in [4.69, 9.17) is 16.6 Å². The first-order valence-electron chi connectivity index (χ1n) is 10.3. The largest absolute Gasteiger partial charge is 0.355 e. The summed E-state index contributed by atoms with van der Waals surface area (Å²) < 4.78 is 0. The van der Waals surface area contributed by atoms with Gasteiger partial charge in [-0.1, -0.05) is 50.6 Å². The highest BCUT2D eigenvalue weighted by Crippen LogP contribution is 2.41. The maximum Gasteiger partial charge on any atom is 0.130 e. The molecule has 1 fully saturated rings. The summed E-state index contributed by atoms with van der Waals surface area (Å²) >= 11 is 6.36. The van der Waals surface area contributed by atoms with Gasteiger partial charge in [0.25, 0.3) is 0 Å². The number of hydrogen-bond donors (Lipinski definition) is 1. The molecule has 4 aromatic rings. The molecule has 0 saturated carbocycles. The van der Waals surface area contributed by atoms with E-state index in [2.05, 4.69) is 71.7 Å². The molecule has 5 rings (SSSR count). The van der Waals surface area contributed by atoms with Crippen molar-refractivity contribution in [1.29, 1.82) is 0 Å². The highest BCUT2D eigenvalue weighted by Gasteiger charge is 2.33. The summed E-state index contributed by atoms with van der Waals surface area (Å²) in [5, 5.41) is 9.19. The van der Waals surface area contributed by atoms with Crippen molar-refractivity contribution >= 4 is 28.3 Å². The van der Waals surface area contributed by atoms with E-state index >= 15 is 0 Å². The third-order valence-corrected chi connectivity index (χ3v) is 5.95. The number of fused-ring (bicyclic) bond motifs is 1. The maximum atomic E-state index is 6.36. The third-order valence-electron chi connectivity index (χ3n) is 5.73. The summed E-state index contributed by atoms with van der Waals surface area (Å²) in [6.45, 7) is 11.6. The van der Waals surface area contributed by atoms with Gasteiger partial charge in [0, 0.05) is 17.6 Å². The molecule has 0 unspecified atom stereocenters. The summed E-state index contributed by atoms with van der Waals surface area (Å²) in [7, 11) is 0. The maximum absolute atomic E-state index is 6.36. The lowest BCUT2D eigenvalue weighted by atomic mass is 9.87. The first-order valence-corrected chi connectivity index (χ1v) is 10.7. The minimum absolute atomic E-state index is 0.0131. The van der Waals surface area contributed by atoms with Gasteiger partial charge in [0.05, 0.1) is 35.2 Å². The molecule has 0 aliphatic carbocycles. The zero-order chi connectivity index (χ0) is 21.8. The van der Waals surface area contributed by atoms with Gasteiger partial charge in [-0.3, -0.25) is 0 Å². The first-order chi connectivity index (χ1) is 14.8. The molecule has 3 heterocycles. The van der Waals surface area contributed by atoms with Crippen molar-refractivity contribution in [2.45, 2.75) is 38.6 Å². The zero-order valence-corrected chi connectivity index (χ0v) is 18.6. The lowest BCUT2D eigenvalue weighted by Gasteiger charge is -2.27. The average Bonchev–Trinajstić information content (AvgIpc) is 3.45. The second kappa shape index (κ2) is 7.24. The summed E-state index contributed by atoms with van der Waals surface area (Å²) in [5.74, 6) is 0.916. The molecule has 2 aromatic heterocycles. The van der Waals surface area contributed by atoms with Crippen LogP contribution in [0.5, 0.6) is 0 Å². The van der Waals surface area contributed by atoms with Gasteiger partial charge >= 0.3 is 0 Å². The van der Waals surface area contributed by atoms with Crippen molar-refractivity contribution in [3.8, 4) is 5.69 Å². The monoisotopic (exact) mass is 431 g/mol. The molecular weight excluding hydrogens is 408 g/mol. The van der Waals surface area contributed by atoms with Crippen molar-refractivity contribution in [3.05, 3.63) is 77.4 Å². The topological polar surface area (TPSA) is 62.6 Å². The predicted octanol–water partition coefficient (Wildman–Crippen LogP) is 5.40. The molecule has 157 valence electrons. The second-order valence-electron chi connectivity index (χ2n) is 9.07. The Kier molecular flexibility index (Phi) is 4.63. The van der Waals surface area contributed by atoms with Crippen LogP contribution >= 0.6 is 11.6 Å². The van der Waals surface area contributed by atoms with Gasteiger partial charge in [0.2, 0.25) is 0 Å². The highest BCUT2D eigenvalue weighted by molar-refractivity contribution is 6.31. The molecule has 31 heavy (non-hydrogen) atoms. The Morgan fingerprint density at radius 1 is 1.19 bits per heavy atom. The van der Waals surface area contributed by atoms with E-state index in [1.165, 1.54) is 5.56 Å². The summed E-state index contributed by atoms with van der Waals surface area (Å²) in [4.78, 5) is 12.3. The number of aromatic amines is 1. The van der Waals surface area contributed by atoms with E-state index in [0.29, 0.717) is 11.6 Å². The number of nitrogens with zero attached hydrogens (tertiary/aromatic N) is 5. The fraction of sp³-hybridized carbons (Fsp3) is 0.292. The number of H-pyrrole nitrogens is 1. The number of imidazole rings is 1. The number of halogens is 1. The summed E-state index contributed by atoms with van der Waals surface area (Å²) in [6, 6.07) is 13.4. The minimum atomic E-state index is 0.0131. The van der Waals surface area contributed by atoms with Crippen LogP contribution in [-0.2, 0) is 5.41 Å². The Morgan fingerprint density at radius 2 is 1.97 bits per heavy atom. The molecule has 0 amide bonds. The highest BCUT2D eigenvalue weighted by atomic mass is 35.5. The van der Waals surface area contributed by atoms with Crippen molar-refractivity contribution in [2.24, 2.45) is 0 Å². The summed E-state index contributed by atoms with van der Waals surface area (Å²) in [5.41, 5.74) is 6.15. The van der Waals surface area contributed by atoms with Gasteiger partial charge in [-0.25, -0.2) is 4.98 Å². The quantitative estimate of drug-likeness (QED) is 0.441. The van der Waals surface area contributed by atoms with Crippen molar-refractivity contribution in [1.82, 2.24) is 25.0 Å². The molecule has 7 heteroatoms. The van der Waals surface area contributed by atoms with Gasteiger partial charge in [0.1, 0.15) is 11.5 Å². The molecule has 1 aliphatic rings. The summed E-state index contributed by atoms with van der Waals surface area (Å²) in [6.07, 6.45) is 4.11. The molecule has 1 atom stereocenters. The Bertz CT molecular complexity index is 1270. The second-order valence-corrected chi connectivity index (χ2v) is 9.51. The number of benzene rings is 2. The predicted molar refractivity (Wildman–Crippen MR) is 124 cm³/mol. The zero-order valence-electron chi connectivity index (χ0n) is 17.9. The molecular formula is C24H24ClN6. The number of hydrogen-bond acceptors (Lipinski definition) is 4. The van der Waals surface area contributed by atoms with Crippen LogP contribution in [0.3, 0.4) is 0 Å². The fourth-order valence-electron chi connectivity index (χ4n) is 4.11. The molecule has 6 nitrogen and oxygen atoms in total. The van der Waals surface area contributed by atoms with E-state index < -0.39 is 0 Å². The Morgan fingerprint density at radius 3 is 2.71 bits per heavy atom. The fourth-order valence-corrected chi connectivity index (χ4v) is 4.27. The van der Waals surface area contributed by atoms with Crippen LogP contribution in [0.25, 0.3) is 16.7 Å². The van der Waals surface area contributed by atoms with Crippen LogP contribution in [0.1, 0.15) is 44.6 Å². The van der Waals surface area contributed by atoms with E-state index in [-0.39, 0.29) is 11.5 Å². The Hall–Kier alpha value is -3.12. The smallest absolute Gasteiger partial charge is 0.130 e. The van der Waals surface area contributed by atoms with Crippen LogP contribution in [0.2, 0.25) is 5.02 Å². The van der Waals surface area contributed by atoms with E-state index in [1.54, 1.807) is 23.3 Å². The van der Waals surface area contributed by atoms with Crippen molar-refractivity contribution < 1.29 is 0 Å². The van der Waals surface area contributed by atoms with Crippen molar-refractivity contribution in [3.63, 3.8) is 0 Å². The standard InChI is InChI=1S/C24H24ClN6/c1-15-11-22(23-28-18-7-5-16(24(2,3)4)12-19(18)29-23)30(14-15)21-13-17(25)6-8-20(21)31-26-9-10-27-31/h5-7,9-10,12-13,22H,1,11,14H2,2-4H3,(H,28,29)/t22-/m0/s1. The normalized spacial score (nSPS) is 17.1. The molecule has 1 saturated heterocycles. The van der Waals surface area contributed by atoms with Gasteiger partial charge in [-0.2, -0.15) is 10.2 Å². The van der Waals surface area contributed by atoms with Crippen LogP contribution < -0.4 is 4.90 Å². The van der Waals surface area contributed by atoms with Gasteiger partial charge in [-0.15, -0.1) is 4.80 Å². The van der Waals surface area contributed by atoms with E-state index in [0.717, 1.165) is 40.2 Å². The van der Waals surface area contributed by atoms with E-state index in [1.807, 2.05) is 6.07 Å². The number of rotatable bonds is 3. The Labute approximate surface area is 186 Å². The minimum Gasteiger partial charge on any atom is -0.355 e. The number of nitrogens with one attached hydrogen (secondary N) is 1. The average molecular weight is 432 g/mol. The third kappa shape index (κ3) is 3.61. The molecule has 1 N–H and O–H groups in total. The van der Waals surface area contributed by atoms with E-state index in [9.17, 15) is 0 Å². The number of aromatic nitrogens is 5. The number of anilines is 1. The van der Waals surface area contributed by atoms with Crippen LogP contribution in [0.4, 0.5) is 5.69 Å². The SMILES string of the molecule is C=C1C[C@@H](c2nc3cc(C(C)(C)C)ccc3[nH]2)N(c2cc(Cl)c[c]c2-n2nccn2)C1. The van der Waals surface area contributed by atoms with Crippen molar-refractivity contribution in [2.75, 3.05) is 11.4 Å². The van der Waals surface area contributed by atoms with Crippen LogP contribution in [0.15, 0.2) is 54.9 Å². The molecule has 1 radical (unpaired) electrons. The van der Waals surface area contributed by atoms with Gasteiger partial charge in [0.15, 0.2) is 0 Å². The Balaban J connectivity index is 1.59. The lowest BCUT2D eigenvalue weighted by Crippen LogP contribution is -2.25. The van der Waals surface area contributed by atoms with Gasteiger partial charge in [-0.05, 0) is 41.7 Å². The molecule has 0 spiro atoms. The van der Waals surface area contributed by atoms with Crippen LogP contribution in [0, 0.1) is 6.07 Å². The molecule has 2 aromatic carbocycles.